The number of amides is 1. The summed E-state index contributed by atoms with van der Waals surface area (Å²) < 4.78 is 5.83. The molecular weight excluding hydrogens is 266 g/mol. The van der Waals surface area contributed by atoms with Crippen LogP contribution in [0.1, 0.15) is 10.9 Å². The molecule has 0 radical (unpaired) electrons. The third-order valence-electron chi connectivity index (χ3n) is 3.05. The van der Waals surface area contributed by atoms with Gasteiger partial charge in [-0.2, -0.15) is 0 Å². The van der Waals surface area contributed by atoms with Crippen LogP contribution in [0, 0.1) is 0 Å². The maximum atomic E-state index is 11.6. The molecule has 19 heavy (non-hydrogen) atoms. The zero-order valence-corrected chi connectivity index (χ0v) is 10.7. The maximum absolute atomic E-state index is 11.6. The third-order valence-corrected chi connectivity index (χ3v) is 4.22. The van der Waals surface area contributed by atoms with Crippen LogP contribution in [0.15, 0.2) is 30.3 Å². The second kappa shape index (κ2) is 4.55. The molecule has 1 amide bonds. The van der Waals surface area contributed by atoms with Crippen molar-refractivity contribution in [1.29, 1.82) is 0 Å². The van der Waals surface area contributed by atoms with Gasteiger partial charge in [0.15, 0.2) is 6.04 Å². The van der Waals surface area contributed by atoms with E-state index in [9.17, 15) is 14.7 Å². The van der Waals surface area contributed by atoms with E-state index in [0.29, 0.717) is 11.4 Å². The Morgan fingerprint density at radius 3 is 2.84 bits per heavy atom. The first-order chi connectivity index (χ1) is 9.16. The van der Waals surface area contributed by atoms with E-state index >= 15 is 0 Å². The van der Waals surface area contributed by atoms with E-state index in [2.05, 4.69) is 0 Å². The fraction of sp³-hybridized carbons (Fsp3) is 0.231. The van der Waals surface area contributed by atoms with Gasteiger partial charge >= 0.3 is 12.1 Å². The summed E-state index contributed by atoms with van der Waals surface area (Å²) in [6.45, 7) is 0.553. The minimum Gasteiger partial charge on any atom is -0.479 e. The number of carbonyl (C=O) groups excluding carboxylic acids is 1. The molecule has 0 bridgehead atoms. The van der Waals surface area contributed by atoms with Gasteiger partial charge in [-0.05, 0) is 17.5 Å². The average Bonchev–Trinajstić information content (AvgIpc) is 2.96. The second-order valence-electron chi connectivity index (χ2n) is 4.24. The minimum absolute atomic E-state index is 0.244. The van der Waals surface area contributed by atoms with Crippen molar-refractivity contribution in [3.8, 4) is 0 Å². The first kappa shape index (κ1) is 12.0. The molecule has 0 spiro atoms. The van der Waals surface area contributed by atoms with E-state index in [1.54, 1.807) is 0 Å². The fourth-order valence-electron chi connectivity index (χ4n) is 2.19. The highest BCUT2D eigenvalue weighted by molar-refractivity contribution is 7.19. The van der Waals surface area contributed by atoms with Crippen molar-refractivity contribution in [3.63, 3.8) is 0 Å². The molecule has 1 aromatic carbocycles. The molecule has 2 heterocycles. The normalized spacial score (nSPS) is 16.6. The zero-order chi connectivity index (χ0) is 13.4. The molecule has 2 aromatic rings. The summed E-state index contributed by atoms with van der Waals surface area (Å²) in [7, 11) is 0. The molecule has 0 saturated carbocycles. The quantitative estimate of drug-likeness (QED) is 0.936. The van der Waals surface area contributed by atoms with Crippen LogP contribution >= 0.6 is 11.3 Å². The molecule has 1 fully saturated rings. The Hall–Kier alpha value is -2.08. The highest BCUT2D eigenvalue weighted by Gasteiger charge is 2.36. The number of carboxylic acids is 1. The number of ether oxygens (including phenoxy) is 1. The first-order valence-electron chi connectivity index (χ1n) is 5.81. The number of fused-ring (bicyclic) bond motifs is 1. The standard InChI is InChI=1S/C13H11NO4S/c15-12(16)11(14-5-6-18-13(14)17)10-7-8-3-1-2-4-9(8)19-10/h1-4,7,11H,5-6H2,(H,15,16)/t11-/m1/s1. The van der Waals surface area contributed by atoms with Gasteiger partial charge in [0.25, 0.3) is 0 Å². The van der Waals surface area contributed by atoms with E-state index < -0.39 is 18.1 Å². The van der Waals surface area contributed by atoms with Crippen LogP contribution in [0.2, 0.25) is 0 Å². The van der Waals surface area contributed by atoms with Crippen LogP contribution in [0.4, 0.5) is 4.79 Å². The molecule has 1 aliphatic rings. The molecular formula is C13H11NO4S. The summed E-state index contributed by atoms with van der Waals surface area (Å²) in [5.41, 5.74) is 0. The van der Waals surface area contributed by atoms with Crippen molar-refractivity contribution in [2.75, 3.05) is 13.2 Å². The number of hydrogen-bond acceptors (Lipinski definition) is 4. The maximum Gasteiger partial charge on any atom is 0.410 e. The molecule has 1 N–H and O–H groups in total. The molecule has 98 valence electrons. The van der Waals surface area contributed by atoms with E-state index in [1.165, 1.54) is 16.2 Å². The van der Waals surface area contributed by atoms with E-state index in [4.69, 9.17) is 4.74 Å². The molecule has 1 atom stereocenters. The molecule has 1 aromatic heterocycles. The summed E-state index contributed by atoms with van der Waals surface area (Å²) in [5.74, 6) is -1.04. The largest absolute Gasteiger partial charge is 0.479 e. The number of rotatable bonds is 3. The Balaban J connectivity index is 2.04. The zero-order valence-electron chi connectivity index (χ0n) is 9.91. The van der Waals surface area contributed by atoms with Crippen LogP contribution in [0.25, 0.3) is 10.1 Å². The minimum atomic E-state index is -1.04. The van der Waals surface area contributed by atoms with Gasteiger partial charge in [0.1, 0.15) is 6.61 Å². The van der Waals surface area contributed by atoms with Gasteiger partial charge in [-0.3, -0.25) is 4.90 Å². The Bertz CT molecular complexity index is 618. The van der Waals surface area contributed by atoms with Crippen molar-refractivity contribution in [1.82, 2.24) is 4.90 Å². The molecule has 1 aliphatic heterocycles. The van der Waals surface area contributed by atoms with Gasteiger partial charge in [-0.25, -0.2) is 9.59 Å². The number of cyclic esters (lactones) is 1. The van der Waals surface area contributed by atoms with Gasteiger partial charge in [0.05, 0.1) is 6.54 Å². The highest BCUT2D eigenvalue weighted by Crippen LogP contribution is 2.34. The number of hydrogen-bond donors (Lipinski definition) is 1. The van der Waals surface area contributed by atoms with Gasteiger partial charge in [-0.15, -0.1) is 11.3 Å². The molecule has 5 nitrogen and oxygen atoms in total. The fourth-order valence-corrected chi connectivity index (χ4v) is 3.36. The van der Waals surface area contributed by atoms with Crippen molar-refractivity contribution in [2.24, 2.45) is 0 Å². The van der Waals surface area contributed by atoms with Gasteiger partial charge in [0, 0.05) is 9.58 Å². The topological polar surface area (TPSA) is 66.8 Å². The first-order valence-corrected chi connectivity index (χ1v) is 6.63. The van der Waals surface area contributed by atoms with Crippen LogP contribution < -0.4 is 0 Å². The van der Waals surface area contributed by atoms with E-state index in [-0.39, 0.29) is 6.61 Å². The summed E-state index contributed by atoms with van der Waals surface area (Å²) in [6, 6.07) is 8.53. The Kier molecular flexibility index (Phi) is 2.87. The third kappa shape index (κ3) is 2.04. The van der Waals surface area contributed by atoms with Gasteiger partial charge in [-0.1, -0.05) is 18.2 Å². The SMILES string of the molecule is O=C(O)[C@@H](c1cc2ccccc2s1)N1CCOC1=O. The highest BCUT2D eigenvalue weighted by atomic mass is 32.1. The van der Waals surface area contributed by atoms with E-state index in [0.717, 1.165) is 10.1 Å². The Morgan fingerprint density at radius 2 is 2.21 bits per heavy atom. The summed E-state index contributed by atoms with van der Waals surface area (Å²) >= 11 is 1.39. The summed E-state index contributed by atoms with van der Waals surface area (Å²) in [6.07, 6.45) is -0.565. The number of nitrogens with zero attached hydrogens (tertiary/aromatic N) is 1. The summed E-state index contributed by atoms with van der Waals surface area (Å²) in [4.78, 5) is 24.9. The second-order valence-corrected chi connectivity index (χ2v) is 5.35. The smallest absolute Gasteiger partial charge is 0.410 e. The molecule has 1 saturated heterocycles. The lowest BCUT2D eigenvalue weighted by Crippen LogP contribution is -2.34. The van der Waals surface area contributed by atoms with Crippen LogP contribution in [0.3, 0.4) is 0 Å². The molecule has 0 aliphatic carbocycles. The number of thiophene rings is 1. The summed E-state index contributed by atoms with van der Waals surface area (Å²) in [5, 5.41) is 10.4. The molecule has 3 rings (SSSR count). The van der Waals surface area contributed by atoms with Gasteiger partial charge in [0.2, 0.25) is 0 Å². The van der Waals surface area contributed by atoms with Gasteiger partial charge < -0.3 is 9.84 Å². The monoisotopic (exact) mass is 277 g/mol. The van der Waals surface area contributed by atoms with Crippen LogP contribution in [-0.4, -0.2) is 35.2 Å². The molecule has 0 unspecified atom stereocenters. The van der Waals surface area contributed by atoms with Crippen molar-refractivity contribution < 1.29 is 19.4 Å². The number of carboxylic acid groups (broad SMARTS) is 1. The lowest BCUT2D eigenvalue weighted by Gasteiger charge is -2.20. The number of aliphatic carboxylic acids is 1. The van der Waals surface area contributed by atoms with Crippen LogP contribution in [0.5, 0.6) is 0 Å². The van der Waals surface area contributed by atoms with Crippen molar-refractivity contribution >= 4 is 33.5 Å². The Labute approximate surface area is 113 Å². The van der Waals surface area contributed by atoms with Crippen LogP contribution in [-0.2, 0) is 9.53 Å². The predicted octanol–water partition coefficient (Wildman–Crippen LogP) is 2.48. The van der Waals surface area contributed by atoms with Crippen molar-refractivity contribution in [2.45, 2.75) is 6.04 Å². The Morgan fingerprint density at radius 1 is 1.42 bits per heavy atom. The number of carbonyl (C=O) groups is 2. The lowest BCUT2D eigenvalue weighted by molar-refractivity contribution is -0.142. The van der Waals surface area contributed by atoms with Crippen molar-refractivity contribution in [3.05, 3.63) is 35.2 Å². The number of benzene rings is 1. The average molecular weight is 277 g/mol. The lowest BCUT2D eigenvalue weighted by atomic mass is 10.2. The van der Waals surface area contributed by atoms with E-state index in [1.807, 2.05) is 30.3 Å². The predicted molar refractivity (Wildman–Crippen MR) is 70.3 cm³/mol. The molecule has 6 heteroatoms.